The van der Waals surface area contributed by atoms with Gasteiger partial charge < -0.3 is 125 Å². The van der Waals surface area contributed by atoms with Crippen molar-refractivity contribution in [3.05, 3.63) is 167 Å². The maximum Gasteiger partial charge on any atom is 1.00 e. The van der Waals surface area contributed by atoms with E-state index in [1.807, 2.05) is 41.5 Å². The van der Waals surface area contributed by atoms with Crippen molar-refractivity contribution < 1.29 is 197 Å². The second kappa shape index (κ2) is 44.5. The van der Waals surface area contributed by atoms with Crippen LogP contribution in [0.5, 0.6) is 23.0 Å². The molecule has 2 amide bonds. The van der Waals surface area contributed by atoms with Gasteiger partial charge in [0.25, 0.3) is 0 Å². The van der Waals surface area contributed by atoms with Crippen LogP contribution in [0, 0.1) is 45.3 Å². The number of methoxy groups -OCH3 is 4. The van der Waals surface area contributed by atoms with E-state index in [2.05, 4.69) is 13.2 Å². The van der Waals surface area contributed by atoms with Gasteiger partial charge in [-0.1, -0.05) is 138 Å². The van der Waals surface area contributed by atoms with Gasteiger partial charge in [0.2, 0.25) is 0 Å². The summed E-state index contributed by atoms with van der Waals surface area (Å²) in [5.74, 6) is -7.07. The predicted molar refractivity (Wildman–Crippen MR) is 527 cm³/mol. The van der Waals surface area contributed by atoms with Crippen molar-refractivity contribution in [2.75, 3.05) is 41.7 Å². The topological polar surface area (TPSA) is 455 Å². The molecule has 6 saturated heterocycles. The molecular weight excluding hydrogens is 1940 g/mol. The molecule has 812 valence electrons. The average molecular weight is 2090 g/mol. The largest absolute Gasteiger partial charge is 1.00 e. The van der Waals surface area contributed by atoms with Crippen LogP contribution in [0.25, 0.3) is 0 Å². The number of esters is 7. The minimum absolute atomic E-state index is 0. The van der Waals surface area contributed by atoms with Crippen LogP contribution in [0.15, 0.2) is 145 Å². The number of hydrogen-bond donors (Lipinski definition) is 3. The number of nitrogens with zero attached hydrogens (tertiary/aromatic N) is 2. The second-order valence-corrected chi connectivity index (χ2v) is 44.5. The van der Waals surface area contributed by atoms with E-state index in [9.17, 15) is 63.6 Å². The fourth-order valence-electron chi connectivity index (χ4n) is 25.1. The summed E-state index contributed by atoms with van der Waals surface area (Å²) in [6, 6.07) is 25.1. The number of aliphatic hydroxyl groups excluding tert-OH is 1. The molecule has 16 rings (SSSR count). The Morgan fingerprint density at radius 1 is 0.483 bits per heavy atom. The van der Waals surface area contributed by atoms with Crippen molar-refractivity contribution in [3.8, 4) is 23.0 Å². The first-order valence-electron chi connectivity index (χ1n) is 50.0. The van der Waals surface area contributed by atoms with E-state index in [1.54, 1.807) is 180 Å². The van der Waals surface area contributed by atoms with E-state index < -0.39 is 256 Å². The number of carboxylic acids is 1. The van der Waals surface area contributed by atoms with Gasteiger partial charge in [-0.2, -0.15) is 0 Å². The summed E-state index contributed by atoms with van der Waals surface area (Å²) < 4.78 is 130. The number of ether oxygens (including phenoxy) is 21. The minimum Gasteiger partial charge on any atom is -0.547 e. The standard InChI is InChI=1S/C55H71NO17.C34H42O11.C21H31NO7.CH4.Na/c1-15-39-68-37-25-38-54(27-65-38,72-31(6)58)44-46(71-48(59)32-20-17-16-18-21-32)55(62)26-36(29(4)41(52(55,10)11)43(66-30(5)57)45(69-39)53(37,44)12)67-49(60)42-33(24-28(2)3)56(50(61)73-51(7,8)9)47(70-42)40-34(63-13)22-19-23-35(40)64-14;1-8-24-42-22-14-23-33(16-40-23,45-19(4)36)27-29(44-30(38)20-12-10-9-11-13-20)34(39)15-21(37)17(2)25(31(34,5)6)26(41-18(3)35)28(43-24)32(22,27)7;1-12(2)11-13-17(19(23)24)28-18(22(13)20(25)29-21(3,4)5)16-14(26-6)9-8-10-15(16)27-7;;/h15-23,28,33,36-39,42-47,62H,1,24-27H2,2-14H3;8-13,21-24,26-29,37,39H,1,14-16H2,2-7H3;8-10,12-13,17-18H,11H2,1-7H3,(H,23,24);1H4;/q;;;;+1/p-1/t33-,36-,37-,38+,39?,42+,43-,44-,45-,46-,47?,53+,54-,55+;21-,22-,23+,24?,26-,27-,28-,29-,32+,33-,34+;13-,17+,18?;;/m000../s1. The molecule has 0 aromatic heterocycles. The van der Waals surface area contributed by atoms with Gasteiger partial charge in [-0.3, -0.25) is 29.0 Å². The maximum absolute atomic E-state index is 15.5. The SMILES string of the molecule is C.C=CC1O[C@H]2C[C@H]3OC[C@@]3(OC(C)=O)[C@H]3[C@H](OC(=O)c4ccccc4)[C@]4(O)C[C@H](O)C(C)=C([C@H](OC(C)=O)[C@H](O1)[C@]23C)C4(C)C.C=CC1O[C@H]2C[C@H]3OC[C@@]3(OC(C)=O)[C@H]3[C@H](OC(=O)c4ccccc4)[C@]4(O)C[C@H](OC(=O)[C@@H]5OC(c6c(OC)cccc6OC)N(C(=O)OC(C)(C)C)[C@H]5CC(C)C)C(C)=C([C@H](OC(C)=O)[C@H](O1)[C@]23C)C4(C)C.COc1cccc(OC)c1C1O[C@@H](C(=O)[O-])[C@H](CC(C)C)N1C(=O)OC(C)(C)C.[Na+]. The Hall–Kier alpha value is -10.1. The van der Waals surface area contributed by atoms with E-state index in [-0.39, 0.29) is 98.8 Å². The van der Waals surface area contributed by atoms with Crippen LogP contribution in [0.4, 0.5) is 9.59 Å². The monoisotopic (exact) mass is 2090 g/mol. The molecular formula is C111H147N2NaO35. The zero-order valence-electron chi connectivity index (χ0n) is 89.6. The molecule has 4 aromatic rings. The van der Waals surface area contributed by atoms with Crippen molar-refractivity contribution >= 4 is 59.9 Å². The number of hydrogen-bond acceptors (Lipinski definition) is 35. The first-order valence-corrected chi connectivity index (χ1v) is 50.0. The Balaban J connectivity index is 0.000000219. The first kappa shape index (κ1) is 118. The van der Waals surface area contributed by atoms with E-state index >= 15 is 4.79 Å². The van der Waals surface area contributed by atoms with Gasteiger partial charge in [-0.05, 0) is 163 Å². The van der Waals surface area contributed by atoms with Gasteiger partial charge in [0.15, 0.2) is 54.5 Å². The van der Waals surface area contributed by atoms with Gasteiger partial charge >= 0.3 is 83.5 Å². The summed E-state index contributed by atoms with van der Waals surface area (Å²) in [5.41, 5.74) is -11.4. The number of rotatable bonds is 23. The number of carbonyl (C=O) groups excluding carboxylic acids is 10. The third kappa shape index (κ3) is 21.3. The molecule has 6 aliphatic carbocycles. The molecule has 0 radical (unpaired) electrons. The molecule has 6 heterocycles. The van der Waals surface area contributed by atoms with Crippen molar-refractivity contribution in [2.45, 2.75) is 354 Å². The molecule has 38 heteroatoms. The molecule has 10 fully saturated rings. The summed E-state index contributed by atoms with van der Waals surface area (Å²) in [7, 11) is 5.89. The third-order valence-electron chi connectivity index (χ3n) is 31.5. The fraction of sp³-hybridized carbons (Fsp3) is 0.622. The van der Waals surface area contributed by atoms with Crippen LogP contribution < -0.4 is 53.6 Å². The quantitative estimate of drug-likeness (QED) is 0.0269. The molecule has 37 nitrogen and oxygen atoms in total. The van der Waals surface area contributed by atoms with Crippen molar-refractivity contribution in [2.24, 2.45) is 45.3 Å². The van der Waals surface area contributed by atoms with Crippen LogP contribution in [0.1, 0.15) is 243 Å². The molecule has 4 unspecified atom stereocenters. The summed E-state index contributed by atoms with van der Waals surface area (Å²) in [5, 5.41) is 50.8. The number of carboxylic acid groups (broad SMARTS) is 1. The van der Waals surface area contributed by atoms with E-state index in [0.717, 1.165) is 0 Å². The van der Waals surface area contributed by atoms with Gasteiger partial charge in [0.05, 0.1) is 112 Å². The first-order chi connectivity index (χ1) is 68.9. The summed E-state index contributed by atoms with van der Waals surface area (Å²) in [4.78, 5) is 139. The third-order valence-corrected chi connectivity index (χ3v) is 31.5. The minimum atomic E-state index is -2.25. The maximum atomic E-state index is 15.5. The fourth-order valence-corrected chi connectivity index (χ4v) is 25.1. The van der Waals surface area contributed by atoms with E-state index in [4.69, 9.17) is 99.5 Å². The number of carbonyl (C=O) groups is 10. The molecule has 28 atom stereocenters. The Kier molecular flexibility index (Phi) is 35.1. The molecule has 3 N–H and O–H groups in total. The smallest absolute Gasteiger partial charge is 0.547 e. The average Bonchev–Trinajstić information content (AvgIpc) is 1.63. The van der Waals surface area contributed by atoms with Gasteiger partial charge in [-0.25, -0.2) is 24.0 Å². The predicted octanol–water partition coefficient (Wildman–Crippen LogP) is 10.5. The Morgan fingerprint density at radius 2 is 0.839 bits per heavy atom. The van der Waals surface area contributed by atoms with E-state index in [1.165, 1.54) is 78.1 Å². The Labute approximate surface area is 893 Å². The molecule has 4 aromatic carbocycles. The molecule has 0 spiro atoms. The molecule has 4 bridgehead atoms. The normalized spacial score (nSPS) is 34.4. The number of aliphatic hydroxyl groups is 3. The van der Waals surface area contributed by atoms with Crippen LogP contribution in [-0.2, 0) is 109 Å². The molecule has 4 saturated carbocycles. The van der Waals surface area contributed by atoms with Crippen LogP contribution in [0.3, 0.4) is 0 Å². The second-order valence-electron chi connectivity index (χ2n) is 44.5. The summed E-state index contributed by atoms with van der Waals surface area (Å²) in [6.07, 6.45) is -18.1. The van der Waals surface area contributed by atoms with Crippen molar-refractivity contribution in [1.29, 1.82) is 0 Å². The van der Waals surface area contributed by atoms with Crippen LogP contribution in [0.2, 0.25) is 0 Å². The van der Waals surface area contributed by atoms with Gasteiger partial charge in [0.1, 0.15) is 94.2 Å². The van der Waals surface area contributed by atoms with E-state index in [0.29, 0.717) is 62.8 Å². The van der Waals surface area contributed by atoms with Gasteiger partial charge in [0, 0.05) is 75.0 Å². The molecule has 149 heavy (non-hydrogen) atoms. The summed E-state index contributed by atoms with van der Waals surface area (Å²) in [6.45, 7) is 45.2. The number of aliphatic carboxylic acids is 1. The van der Waals surface area contributed by atoms with Crippen LogP contribution in [-0.4, -0.2) is 270 Å². The van der Waals surface area contributed by atoms with Gasteiger partial charge in [-0.15, -0.1) is 0 Å². The number of benzene rings is 4. The Bertz CT molecular complexity index is 5670. The zero-order chi connectivity index (χ0) is 108. The Morgan fingerprint density at radius 3 is 1.16 bits per heavy atom. The number of fused-ring (bicyclic) bond motifs is 8. The summed E-state index contributed by atoms with van der Waals surface area (Å²) >= 11 is 0. The molecule has 12 aliphatic rings. The van der Waals surface area contributed by atoms with Crippen molar-refractivity contribution in [3.63, 3.8) is 0 Å². The molecule has 6 aliphatic heterocycles. The van der Waals surface area contributed by atoms with Crippen LogP contribution >= 0.6 is 0 Å². The van der Waals surface area contributed by atoms with Crippen molar-refractivity contribution in [1.82, 2.24) is 9.80 Å². The number of amides is 2. The zero-order valence-corrected chi connectivity index (χ0v) is 91.6.